The van der Waals surface area contributed by atoms with Gasteiger partial charge >= 0.3 is 0 Å². The Kier molecular flexibility index (Phi) is 6.85. The van der Waals surface area contributed by atoms with E-state index in [-0.39, 0.29) is 0 Å². The van der Waals surface area contributed by atoms with Crippen LogP contribution in [0.5, 0.6) is 5.75 Å². The van der Waals surface area contributed by atoms with Crippen molar-refractivity contribution in [1.29, 1.82) is 0 Å². The van der Waals surface area contributed by atoms with Gasteiger partial charge in [-0.15, -0.1) is 0 Å². The van der Waals surface area contributed by atoms with Gasteiger partial charge in [0.2, 0.25) is 0 Å². The zero-order valence-electron chi connectivity index (χ0n) is 13.4. The van der Waals surface area contributed by atoms with Crippen LogP contribution in [0.25, 0.3) is 0 Å². The molecule has 1 aromatic carbocycles. The van der Waals surface area contributed by atoms with Gasteiger partial charge in [-0.2, -0.15) is 0 Å². The number of hydrogen-bond acceptors (Lipinski definition) is 2. The number of halogens is 1. The highest BCUT2D eigenvalue weighted by atomic mass is 35.5. The number of benzene rings is 1. The van der Waals surface area contributed by atoms with Gasteiger partial charge in [0, 0.05) is 11.1 Å². The molecule has 1 aliphatic rings. The number of hydrogen-bond donors (Lipinski definition) is 0. The topological polar surface area (TPSA) is 12.5 Å². The second kappa shape index (κ2) is 8.65. The van der Waals surface area contributed by atoms with E-state index in [0.717, 1.165) is 35.4 Å². The molecule has 0 bridgehead atoms. The Morgan fingerprint density at radius 2 is 1.95 bits per heavy atom. The predicted molar refractivity (Wildman–Crippen MR) is 90.4 cm³/mol. The molecule has 2 nitrogen and oxygen atoms in total. The highest BCUT2D eigenvalue weighted by molar-refractivity contribution is 6.30. The molecule has 0 atom stereocenters. The average molecular weight is 310 g/mol. The van der Waals surface area contributed by atoms with Crippen molar-refractivity contribution in [2.75, 3.05) is 20.2 Å². The molecule has 0 radical (unpaired) electrons. The second-order valence-electron chi connectivity index (χ2n) is 6.24. The van der Waals surface area contributed by atoms with E-state index >= 15 is 0 Å². The monoisotopic (exact) mass is 309 g/mol. The lowest BCUT2D eigenvalue weighted by molar-refractivity contribution is 0.184. The SMILES string of the molecule is Cc1cc(Cl)ccc1OCCCCN(C)C1CCCCC1. The summed E-state index contributed by atoms with van der Waals surface area (Å²) in [5.41, 5.74) is 1.11. The first-order valence-corrected chi connectivity index (χ1v) is 8.64. The van der Waals surface area contributed by atoms with E-state index in [0.29, 0.717) is 0 Å². The van der Waals surface area contributed by atoms with Crippen molar-refractivity contribution < 1.29 is 4.74 Å². The Bertz CT molecular complexity index is 429. The Balaban J connectivity index is 1.61. The molecule has 1 fully saturated rings. The van der Waals surface area contributed by atoms with E-state index in [1.165, 1.54) is 45.1 Å². The van der Waals surface area contributed by atoms with Gasteiger partial charge in [0.1, 0.15) is 5.75 Å². The molecular weight excluding hydrogens is 282 g/mol. The van der Waals surface area contributed by atoms with Crippen molar-refractivity contribution in [2.24, 2.45) is 0 Å². The van der Waals surface area contributed by atoms with Crippen LogP contribution >= 0.6 is 11.6 Å². The Hall–Kier alpha value is -0.730. The van der Waals surface area contributed by atoms with E-state index in [1.807, 2.05) is 25.1 Å². The van der Waals surface area contributed by atoms with Gasteiger partial charge in [-0.25, -0.2) is 0 Å². The summed E-state index contributed by atoms with van der Waals surface area (Å²) in [6, 6.07) is 6.62. The minimum Gasteiger partial charge on any atom is -0.493 e. The van der Waals surface area contributed by atoms with E-state index in [2.05, 4.69) is 11.9 Å². The summed E-state index contributed by atoms with van der Waals surface area (Å²) in [7, 11) is 2.28. The Labute approximate surface area is 134 Å². The molecule has 0 unspecified atom stereocenters. The van der Waals surface area contributed by atoms with Crippen molar-refractivity contribution in [1.82, 2.24) is 4.90 Å². The van der Waals surface area contributed by atoms with Crippen LogP contribution in [-0.4, -0.2) is 31.1 Å². The largest absolute Gasteiger partial charge is 0.493 e. The molecule has 3 heteroatoms. The van der Waals surface area contributed by atoms with Gasteiger partial charge in [0.25, 0.3) is 0 Å². The minimum absolute atomic E-state index is 0.772. The first-order valence-electron chi connectivity index (χ1n) is 8.26. The van der Waals surface area contributed by atoms with Crippen molar-refractivity contribution in [3.8, 4) is 5.75 Å². The molecule has 118 valence electrons. The third kappa shape index (κ3) is 5.52. The normalized spacial score (nSPS) is 16.4. The molecule has 0 saturated heterocycles. The fourth-order valence-electron chi connectivity index (χ4n) is 3.12. The molecule has 1 saturated carbocycles. The van der Waals surface area contributed by atoms with Gasteiger partial charge in [-0.3, -0.25) is 0 Å². The molecule has 0 N–H and O–H groups in total. The lowest BCUT2D eigenvalue weighted by Crippen LogP contribution is -2.34. The molecule has 0 spiro atoms. The van der Waals surface area contributed by atoms with Gasteiger partial charge in [-0.05, 0) is 70.0 Å². The third-order valence-corrected chi connectivity index (χ3v) is 4.73. The van der Waals surface area contributed by atoms with E-state index in [4.69, 9.17) is 16.3 Å². The highest BCUT2D eigenvalue weighted by Crippen LogP contribution is 2.23. The molecule has 2 rings (SSSR count). The highest BCUT2D eigenvalue weighted by Gasteiger charge is 2.17. The van der Waals surface area contributed by atoms with Crippen LogP contribution in [0.2, 0.25) is 5.02 Å². The number of aryl methyl sites for hydroxylation is 1. The maximum Gasteiger partial charge on any atom is 0.122 e. The zero-order valence-corrected chi connectivity index (χ0v) is 14.2. The Morgan fingerprint density at radius 3 is 2.67 bits per heavy atom. The number of rotatable bonds is 7. The summed E-state index contributed by atoms with van der Waals surface area (Å²) >= 11 is 5.95. The van der Waals surface area contributed by atoms with Crippen LogP contribution in [0.1, 0.15) is 50.5 Å². The van der Waals surface area contributed by atoms with Gasteiger partial charge in [0.15, 0.2) is 0 Å². The Morgan fingerprint density at radius 1 is 1.19 bits per heavy atom. The van der Waals surface area contributed by atoms with Crippen molar-refractivity contribution in [3.63, 3.8) is 0 Å². The van der Waals surface area contributed by atoms with Crippen LogP contribution in [0, 0.1) is 6.92 Å². The maximum absolute atomic E-state index is 5.95. The van der Waals surface area contributed by atoms with Crippen molar-refractivity contribution >= 4 is 11.6 Å². The third-order valence-electron chi connectivity index (χ3n) is 4.50. The lowest BCUT2D eigenvalue weighted by Gasteiger charge is -2.31. The van der Waals surface area contributed by atoms with Gasteiger partial charge in [-0.1, -0.05) is 30.9 Å². The summed E-state index contributed by atoms with van der Waals surface area (Å²) < 4.78 is 5.84. The maximum atomic E-state index is 5.95. The second-order valence-corrected chi connectivity index (χ2v) is 6.67. The summed E-state index contributed by atoms with van der Waals surface area (Å²) in [5, 5.41) is 0.772. The summed E-state index contributed by atoms with van der Waals surface area (Å²) in [5.74, 6) is 0.958. The number of nitrogens with zero attached hydrogens (tertiary/aromatic N) is 1. The zero-order chi connectivity index (χ0) is 15.1. The fraction of sp³-hybridized carbons (Fsp3) is 0.667. The molecule has 0 amide bonds. The van der Waals surface area contributed by atoms with Gasteiger partial charge in [0.05, 0.1) is 6.61 Å². The molecular formula is C18H28ClNO. The fourth-order valence-corrected chi connectivity index (χ4v) is 3.35. The van der Waals surface area contributed by atoms with Crippen LogP contribution in [0.3, 0.4) is 0 Å². The van der Waals surface area contributed by atoms with Crippen LogP contribution in [0.4, 0.5) is 0 Å². The summed E-state index contributed by atoms with van der Waals surface area (Å²) in [6.07, 6.45) is 9.34. The van der Waals surface area contributed by atoms with Crippen LogP contribution in [0.15, 0.2) is 18.2 Å². The van der Waals surface area contributed by atoms with Gasteiger partial charge < -0.3 is 9.64 Å². The molecule has 0 heterocycles. The van der Waals surface area contributed by atoms with Crippen molar-refractivity contribution in [2.45, 2.75) is 57.9 Å². The molecule has 1 aromatic rings. The number of ether oxygens (including phenoxy) is 1. The first-order chi connectivity index (χ1) is 10.2. The molecule has 1 aliphatic carbocycles. The number of unbranched alkanes of at least 4 members (excludes halogenated alkanes) is 1. The molecule has 21 heavy (non-hydrogen) atoms. The van der Waals surface area contributed by atoms with E-state index in [9.17, 15) is 0 Å². The van der Waals surface area contributed by atoms with Crippen molar-refractivity contribution in [3.05, 3.63) is 28.8 Å². The minimum atomic E-state index is 0.772. The summed E-state index contributed by atoms with van der Waals surface area (Å²) in [6.45, 7) is 4.02. The first kappa shape index (κ1) is 16.6. The van der Waals surface area contributed by atoms with E-state index in [1.54, 1.807) is 0 Å². The lowest BCUT2D eigenvalue weighted by atomic mass is 9.94. The standard InChI is InChI=1S/C18H28ClNO/c1-15-14-16(19)10-11-18(15)21-13-7-6-12-20(2)17-8-4-3-5-9-17/h10-11,14,17H,3-9,12-13H2,1-2H3. The summed E-state index contributed by atoms with van der Waals surface area (Å²) in [4.78, 5) is 2.55. The molecule has 0 aliphatic heterocycles. The van der Waals surface area contributed by atoms with Crippen LogP contribution < -0.4 is 4.74 Å². The quantitative estimate of drug-likeness (QED) is 0.652. The van der Waals surface area contributed by atoms with Crippen LogP contribution in [-0.2, 0) is 0 Å². The molecule has 0 aromatic heterocycles. The smallest absolute Gasteiger partial charge is 0.122 e. The van der Waals surface area contributed by atoms with E-state index < -0.39 is 0 Å². The average Bonchev–Trinajstić information content (AvgIpc) is 2.49. The predicted octanol–water partition coefficient (Wildman–Crippen LogP) is 5.07.